The van der Waals surface area contributed by atoms with Gasteiger partial charge in [0.2, 0.25) is 11.8 Å². The number of hydrogen-bond donors (Lipinski definition) is 1. The highest BCUT2D eigenvalue weighted by Gasteiger charge is 2.35. The lowest BCUT2D eigenvalue weighted by atomic mass is 10.1. The van der Waals surface area contributed by atoms with Crippen LogP contribution in [-0.4, -0.2) is 43.8 Å². The molecule has 0 radical (unpaired) electrons. The molecule has 2 unspecified atom stereocenters. The van der Waals surface area contributed by atoms with Crippen molar-refractivity contribution in [2.45, 2.75) is 57.1 Å². The van der Waals surface area contributed by atoms with Gasteiger partial charge < -0.3 is 10.2 Å². The van der Waals surface area contributed by atoms with Gasteiger partial charge in [-0.3, -0.25) is 13.9 Å². The molecule has 220 valence electrons. The van der Waals surface area contributed by atoms with Crippen molar-refractivity contribution >= 4 is 73.9 Å². The Bertz CT molecular complexity index is 1470. The second-order valence-electron chi connectivity index (χ2n) is 9.38. The van der Waals surface area contributed by atoms with Crippen molar-refractivity contribution in [1.29, 1.82) is 0 Å². The van der Waals surface area contributed by atoms with E-state index in [4.69, 9.17) is 46.4 Å². The Labute approximate surface area is 261 Å². The minimum absolute atomic E-state index is 0.0178. The van der Waals surface area contributed by atoms with E-state index in [9.17, 15) is 18.0 Å². The van der Waals surface area contributed by atoms with Crippen LogP contribution in [0.15, 0.2) is 71.6 Å². The van der Waals surface area contributed by atoms with Gasteiger partial charge in [0.15, 0.2) is 0 Å². The van der Waals surface area contributed by atoms with Gasteiger partial charge in [-0.25, -0.2) is 8.42 Å². The molecule has 1 N–H and O–H groups in total. The van der Waals surface area contributed by atoms with E-state index in [1.165, 1.54) is 35.2 Å². The summed E-state index contributed by atoms with van der Waals surface area (Å²) in [5.41, 5.74) is 0.446. The van der Waals surface area contributed by atoms with Crippen LogP contribution in [0, 0.1) is 0 Å². The van der Waals surface area contributed by atoms with E-state index in [0.717, 1.165) is 4.31 Å². The molecule has 3 aromatic carbocycles. The molecule has 2 atom stereocenters. The van der Waals surface area contributed by atoms with Gasteiger partial charge in [0, 0.05) is 33.2 Å². The number of nitrogens with one attached hydrogen (secondary N) is 1. The van der Waals surface area contributed by atoms with Gasteiger partial charge in [-0.05, 0) is 62.2 Å². The van der Waals surface area contributed by atoms with Gasteiger partial charge in [0.1, 0.15) is 12.6 Å². The van der Waals surface area contributed by atoms with Gasteiger partial charge in [-0.2, -0.15) is 0 Å². The van der Waals surface area contributed by atoms with Crippen molar-refractivity contribution < 1.29 is 18.0 Å². The zero-order chi connectivity index (χ0) is 30.3. The van der Waals surface area contributed by atoms with Crippen molar-refractivity contribution in [3.8, 4) is 0 Å². The predicted molar refractivity (Wildman–Crippen MR) is 166 cm³/mol. The number of carbonyl (C=O) groups is 2. The summed E-state index contributed by atoms with van der Waals surface area (Å²) in [7, 11) is -4.30. The van der Waals surface area contributed by atoms with Crippen LogP contribution in [0.3, 0.4) is 0 Å². The maximum Gasteiger partial charge on any atom is 0.264 e. The molecule has 0 aliphatic carbocycles. The number of sulfonamides is 1. The summed E-state index contributed by atoms with van der Waals surface area (Å²) in [6.07, 6.45) is 0.933. The first kappa shape index (κ1) is 33.0. The van der Waals surface area contributed by atoms with Gasteiger partial charge in [0.05, 0.1) is 15.6 Å². The molecule has 0 spiro atoms. The van der Waals surface area contributed by atoms with Crippen molar-refractivity contribution in [2.75, 3.05) is 10.8 Å². The number of amides is 2. The zero-order valence-corrected chi connectivity index (χ0v) is 26.6. The normalized spacial score (nSPS) is 12.9. The number of halogens is 4. The van der Waals surface area contributed by atoms with E-state index >= 15 is 0 Å². The van der Waals surface area contributed by atoms with Crippen LogP contribution in [0.5, 0.6) is 0 Å². The van der Waals surface area contributed by atoms with Crippen molar-refractivity contribution in [3.63, 3.8) is 0 Å². The van der Waals surface area contributed by atoms with E-state index in [1.54, 1.807) is 43.3 Å². The van der Waals surface area contributed by atoms with Crippen LogP contribution >= 0.6 is 46.4 Å². The smallest absolute Gasteiger partial charge is 0.264 e. The quantitative estimate of drug-likeness (QED) is 0.223. The first-order chi connectivity index (χ1) is 19.4. The van der Waals surface area contributed by atoms with E-state index in [0.29, 0.717) is 22.0 Å². The highest BCUT2D eigenvalue weighted by Crippen LogP contribution is 2.34. The summed E-state index contributed by atoms with van der Waals surface area (Å²) < 4.78 is 28.7. The van der Waals surface area contributed by atoms with Gasteiger partial charge in [-0.1, -0.05) is 84.5 Å². The topological polar surface area (TPSA) is 86.8 Å². The first-order valence-corrected chi connectivity index (χ1v) is 15.9. The molecule has 0 aliphatic rings. The van der Waals surface area contributed by atoms with E-state index < -0.39 is 28.5 Å². The van der Waals surface area contributed by atoms with Crippen LogP contribution in [0.4, 0.5) is 5.69 Å². The zero-order valence-electron chi connectivity index (χ0n) is 22.8. The summed E-state index contributed by atoms with van der Waals surface area (Å²) >= 11 is 25.5. The molecule has 2 amide bonds. The van der Waals surface area contributed by atoms with Crippen molar-refractivity contribution in [3.05, 3.63) is 92.4 Å². The van der Waals surface area contributed by atoms with Crippen LogP contribution in [-0.2, 0) is 26.2 Å². The minimum atomic E-state index is -4.30. The fraction of sp³-hybridized carbons (Fsp3) is 0.310. The highest BCUT2D eigenvalue weighted by atomic mass is 35.5. The third kappa shape index (κ3) is 8.08. The van der Waals surface area contributed by atoms with Gasteiger partial charge >= 0.3 is 0 Å². The Morgan fingerprint density at radius 3 is 2.07 bits per heavy atom. The minimum Gasteiger partial charge on any atom is -0.352 e. The summed E-state index contributed by atoms with van der Waals surface area (Å²) in [6.45, 7) is 4.75. The van der Waals surface area contributed by atoms with Crippen LogP contribution in [0.2, 0.25) is 20.1 Å². The number of hydrogen-bond acceptors (Lipinski definition) is 4. The average molecular weight is 659 g/mol. The van der Waals surface area contributed by atoms with Crippen LogP contribution in [0.1, 0.15) is 39.2 Å². The van der Waals surface area contributed by atoms with Crippen molar-refractivity contribution in [2.24, 2.45) is 0 Å². The number of benzene rings is 3. The van der Waals surface area contributed by atoms with Crippen LogP contribution in [0.25, 0.3) is 0 Å². The number of nitrogens with zero attached hydrogens (tertiary/aromatic N) is 2. The third-order valence-corrected chi connectivity index (χ3v) is 9.60. The van der Waals surface area contributed by atoms with E-state index in [2.05, 4.69) is 5.32 Å². The lowest BCUT2D eigenvalue weighted by Crippen LogP contribution is -2.53. The molecular weight excluding hydrogens is 628 g/mol. The molecule has 0 fully saturated rings. The summed E-state index contributed by atoms with van der Waals surface area (Å²) in [6, 6.07) is 15.8. The van der Waals surface area contributed by atoms with Gasteiger partial charge in [0.25, 0.3) is 10.0 Å². The predicted octanol–water partition coefficient (Wildman–Crippen LogP) is 7.22. The van der Waals surface area contributed by atoms with Gasteiger partial charge in [-0.15, -0.1) is 0 Å². The molecule has 12 heteroatoms. The molecule has 3 rings (SSSR count). The fourth-order valence-electron chi connectivity index (χ4n) is 4.12. The standard InChI is InChI=1S/C29H31Cl4N3O4S/c1-4-19(3)34-29(38)26(5-2)35(17-22-23(31)12-9-13-24(22)32)28(37)18-36(27-16-20(30)14-15-25(27)33)41(39,40)21-10-7-6-8-11-21/h6-16,19,26H,4-5,17-18H2,1-3H3,(H,34,38). The monoisotopic (exact) mass is 657 g/mol. The molecule has 0 heterocycles. The average Bonchev–Trinajstić information content (AvgIpc) is 2.94. The summed E-state index contributed by atoms with van der Waals surface area (Å²) in [5.74, 6) is -1.04. The van der Waals surface area contributed by atoms with E-state index in [1.807, 2.05) is 13.8 Å². The maximum absolute atomic E-state index is 14.2. The number of rotatable bonds is 12. The third-order valence-electron chi connectivity index (χ3n) is 6.56. The SMILES string of the molecule is CCC(C)NC(=O)C(CC)N(Cc1c(Cl)cccc1Cl)C(=O)CN(c1cc(Cl)ccc1Cl)S(=O)(=O)c1ccccc1. The Hall–Kier alpha value is -2.49. The summed E-state index contributed by atoms with van der Waals surface area (Å²) in [5, 5.41) is 3.83. The molecule has 41 heavy (non-hydrogen) atoms. The molecular formula is C29H31Cl4N3O4S. The Morgan fingerprint density at radius 1 is 0.854 bits per heavy atom. The lowest BCUT2D eigenvalue weighted by Gasteiger charge is -2.34. The Morgan fingerprint density at radius 2 is 1.49 bits per heavy atom. The molecule has 0 saturated heterocycles. The maximum atomic E-state index is 14.2. The fourth-order valence-corrected chi connectivity index (χ4v) is 6.52. The summed E-state index contributed by atoms with van der Waals surface area (Å²) in [4.78, 5) is 28.8. The number of carbonyl (C=O) groups excluding carboxylic acids is 2. The molecule has 3 aromatic rings. The molecule has 0 aliphatic heterocycles. The molecule has 0 aromatic heterocycles. The first-order valence-electron chi connectivity index (χ1n) is 13.0. The molecule has 0 saturated carbocycles. The number of anilines is 1. The second-order valence-corrected chi connectivity index (χ2v) is 12.9. The Kier molecular flexibility index (Phi) is 11.8. The second kappa shape index (κ2) is 14.6. The highest BCUT2D eigenvalue weighted by molar-refractivity contribution is 7.92. The Balaban J connectivity index is 2.13. The molecule has 7 nitrogen and oxygen atoms in total. The van der Waals surface area contributed by atoms with Crippen molar-refractivity contribution in [1.82, 2.24) is 10.2 Å². The largest absolute Gasteiger partial charge is 0.352 e. The van der Waals surface area contributed by atoms with Crippen LogP contribution < -0.4 is 9.62 Å². The van der Waals surface area contributed by atoms with E-state index in [-0.39, 0.29) is 45.5 Å². The lowest BCUT2D eigenvalue weighted by molar-refractivity contribution is -0.140. The molecule has 0 bridgehead atoms.